The first-order chi connectivity index (χ1) is 17.5. The highest BCUT2D eigenvalue weighted by Gasteiger charge is 2.42. The van der Waals surface area contributed by atoms with Gasteiger partial charge in [0.25, 0.3) is 0 Å². The predicted octanol–water partition coefficient (Wildman–Crippen LogP) is 5.85. The maximum absolute atomic E-state index is 14.1. The molecule has 6 nitrogen and oxygen atoms in total. The molecule has 0 spiro atoms. The molecule has 36 heavy (non-hydrogen) atoms. The van der Waals surface area contributed by atoms with Crippen LogP contribution in [0.1, 0.15) is 42.4 Å². The molecule has 1 fully saturated rings. The average molecular weight is 500 g/mol. The van der Waals surface area contributed by atoms with Crippen molar-refractivity contribution < 1.29 is 9.18 Å². The highest BCUT2D eigenvalue weighted by molar-refractivity contribution is 7.80. The van der Waals surface area contributed by atoms with Gasteiger partial charge in [-0.05, 0) is 85.4 Å². The fourth-order valence-electron chi connectivity index (χ4n) is 4.61. The number of benzene rings is 2. The molecule has 5 rings (SSSR count). The molecule has 8 heteroatoms. The summed E-state index contributed by atoms with van der Waals surface area (Å²) < 4.78 is 16.1. The molecule has 2 aromatic heterocycles. The number of hydrogen-bond acceptors (Lipinski definition) is 3. The third-order valence-corrected chi connectivity index (χ3v) is 6.67. The highest BCUT2D eigenvalue weighted by atomic mass is 32.1. The lowest BCUT2D eigenvalue weighted by molar-refractivity contribution is -0.115. The van der Waals surface area contributed by atoms with Crippen LogP contribution < -0.4 is 15.5 Å². The van der Waals surface area contributed by atoms with Gasteiger partial charge in [-0.15, -0.1) is 0 Å². The summed E-state index contributed by atoms with van der Waals surface area (Å²) in [5, 5.41) is 6.97. The van der Waals surface area contributed by atoms with E-state index in [1.807, 2.05) is 79.2 Å². The first-order valence-electron chi connectivity index (χ1n) is 11.8. The van der Waals surface area contributed by atoms with Crippen LogP contribution in [0.4, 0.5) is 15.8 Å². The van der Waals surface area contributed by atoms with E-state index in [1.165, 1.54) is 12.1 Å². The molecule has 0 saturated carbocycles. The second kappa shape index (κ2) is 9.91. The third-order valence-electron chi connectivity index (χ3n) is 6.35. The standard InChI is InChI=1S/C28H26FN5OS/c1-3-25(35)31-22-13-12-21(16-18(22)2)34-27(26(32-28(34)36)23-10-4-5-14-30-23)24-11-7-15-33(24)20-9-6-8-19(29)17-20/h4-17,26-27H,3H2,1-2H3,(H,31,35)(H,32,36)/t26-,27+/m0/s1. The Hall–Kier alpha value is -4.04. The smallest absolute Gasteiger partial charge is 0.224 e. The summed E-state index contributed by atoms with van der Waals surface area (Å²) in [6.45, 7) is 3.78. The van der Waals surface area contributed by atoms with Gasteiger partial charge in [0.15, 0.2) is 5.11 Å². The van der Waals surface area contributed by atoms with Crippen LogP contribution in [0.15, 0.2) is 85.2 Å². The summed E-state index contributed by atoms with van der Waals surface area (Å²) in [7, 11) is 0. The molecule has 2 atom stereocenters. The second-order valence-electron chi connectivity index (χ2n) is 8.68. The number of thiocarbonyl (C=S) groups is 1. The molecule has 0 radical (unpaired) electrons. The van der Waals surface area contributed by atoms with Crippen LogP contribution in [0.3, 0.4) is 0 Å². The fraction of sp³-hybridized carbons (Fsp3) is 0.179. The van der Waals surface area contributed by atoms with Crippen molar-refractivity contribution in [3.63, 3.8) is 0 Å². The van der Waals surface area contributed by atoms with E-state index in [4.69, 9.17) is 12.2 Å². The van der Waals surface area contributed by atoms with Gasteiger partial charge in [-0.1, -0.05) is 19.1 Å². The molecule has 4 aromatic rings. The molecule has 1 amide bonds. The predicted molar refractivity (Wildman–Crippen MR) is 144 cm³/mol. The summed E-state index contributed by atoms with van der Waals surface area (Å²) in [6.07, 6.45) is 4.10. The van der Waals surface area contributed by atoms with Gasteiger partial charge in [-0.25, -0.2) is 4.39 Å². The van der Waals surface area contributed by atoms with Crippen LogP contribution in [0, 0.1) is 12.7 Å². The monoisotopic (exact) mass is 499 g/mol. The van der Waals surface area contributed by atoms with E-state index < -0.39 is 0 Å². The molecule has 0 aliphatic carbocycles. The third kappa shape index (κ3) is 4.47. The second-order valence-corrected chi connectivity index (χ2v) is 9.07. The molecular weight excluding hydrogens is 473 g/mol. The number of aryl methyl sites for hydroxylation is 1. The number of anilines is 2. The van der Waals surface area contributed by atoms with Gasteiger partial charge in [-0.2, -0.15) is 0 Å². The molecule has 1 aliphatic heterocycles. The number of carbonyl (C=O) groups is 1. The summed E-state index contributed by atoms with van der Waals surface area (Å²) in [5.41, 5.74) is 5.09. The molecule has 3 heterocycles. The van der Waals surface area contributed by atoms with E-state index in [0.29, 0.717) is 11.5 Å². The van der Waals surface area contributed by atoms with E-state index in [1.54, 1.807) is 12.3 Å². The SMILES string of the molecule is CCC(=O)Nc1ccc(N2C(=S)N[C@@H](c3ccccn3)[C@H]2c2cccn2-c2cccc(F)c2)cc1C. The lowest BCUT2D eigenvalue weighted by Gasteiger charge is -2.29. The van der Waals surface area contributed by atoms with E-state index in [9.17, 15) is 9.18 Å². The zero-order chi connectivity index (χ0) is 25.2. The molecule has 182 valence electrons. The number of carbonyl (C=O) groups excluding carboxylic acids is 1. The van der Waals surface area contributed by atoms with Crippen molar-refractivity contribution in [2.75, 3.05) is 10.2 Å². The first kappa shape index (κ1) is 23.7. The zero-order valence-electron chi connectivity index (χ0n) is 20.0. The van der Waals surface area contributed by atoms with Crippen LogP contribution in [0.2, 0.25) is 0 Å². The topological polar surface area (TPSA) is 62.2 Å². The number of pyridine rings is 1. The minimum Gasteiger partial charge on any atom is -0.351 e. The van der Waals surface area contributed by atoms with Crippen LogP contribution in [0.25, 0.3) is 5.69 Å². The Bertz CT molecular complexity index is 1420. The van der Waals surface area contributed by atoms with Gasteiger partial charge in [0.05, 0.1) is 11.7 Å². The van der Waals surface area contributed by atoms with Crippen LogP contribution in [-0.2, 0) is 4.79 Å². The lowest BCUT2D eigenvalue weighted by Crippen LogP contribution is -2.30. The summed E-state index contributed by atoms with van der Waals surface area (Å²) in [4.78, 5) is 18.6. The van der Waals surface area contributed by atoms with Crippen molar-refractivity contribution in [2.24, 2.45) is 0 Å². The Morgan fingerprint density at radius 3 is 2.67 bits per heavy atom. The summed E-state index contributed by atoms with van der Waals surface area (Å²) in [6, 6.07) is 21.7. The molecule has 1 aliphatic rings. The Balaban J connectivity index is 1.62. The normalized spacial score (nSPS) is 17.2. The summed E-state index contributed by atoms with van der Waals surface area (Å²) in [5.74, 6) is -0.337. The van der Waals surface area contributed by atoms with Crippen molar-refractivity contribution in [2.45, 2.75) is 32.4 Å². The largest absolute Gasteiger partial charge is 0.351 e. The van der Waals surface area contributed by atoms with Gasteiger partial charge in [0, 0.05) is 41.6 Å². The number of rotatable bonds is 6. The van der Waals surface area contributed by atoms with Gasteiger partial charge < -0.3 is 20.1 Å². The quantitative estimate of drug-likeness (QED) is 0.326. The van der Waals surface area contributed by atoms with Crippen molar-refractivity contribution in [1.82, 2.24) is 14.9 Å². The molecule has 2 N–H and O–H groups in total. The number of halogens is 1. The number of nitrogens with one attached hydrogen (secondary N) is 2. The van der Waals surface area contributed by atoms with E-state index in [2.05, 4.69) is 20.5 Å². The van der Waals surface area contributed by atoms with Gasteiger partial charge in [-0.3, -0.25) is 9.78 Å². The first-order valence-corrected chi connectivity index (χ1v) is 12.2. The van der Waals surface area contributed by atoms with Gasteiger partial charge >= 0.3 is 0 Å². The maximum atomic E-state index is 14.1. The molecule has 1 saturated heterocycles. The summed E-state index contributed by atoms with van der Waals surface area (Å²) >= 11 is 5.84. The number of amides is 1. The Kier molecular flexibility index (Phi) is 6.52. The van der Waals surface area contributed by atoms with Crippen molar-refractivity contribution in [1.29, 1.82) is 0 Å². The highest BCUT2D eigenvalue weighted by Crippen LogP contribution is 2.42. The maximum Gasteiger partial charge on any atom is 0.224 e. The lowest BCUT2D eigenvalue weighted by atomic mass is 10.00. The number of nitrogens with zero attached hydrogens (tertiary/aromatic N) is 3. The Morgan fingerprint density at radius 1 is 1.08 bits per heavy atom. The van der Waals surface area contributed by atoms with Crippen molar-refractivity contribution in [3.8, 4) is 5.69 Å². The Morgan fingerprint density at radius 2 is 1.94 bits per heavy atom. The number of hydrogen-bond donors (Lipinski definition) is 2. The van der Waals surface area contributed by atoms with Crippen LogP contribution in [-0.4, -0.2) is 20.6 Å². The van der Waals surface area contributed by atoms with E-state index >= 15 is 0 Å². The van der Waals surface area contributed by atoms with Crippen molar-refractivity contribution >= 4 is 34.6 Å². The average Bonchev–Trinajstić information content (AvgIpc) is 3.50. The Labute approximate surface area is 214 Å². The minimum atomic E-state index is -0.300. The molecular formula is C28H26FN5OS. The van der Waals surface area contributed by atoms with E-state index in [-0.39, 0.29) is 23.8 Å². The van der Waals surface area contributed by atoms with Crippen LogP contribution >= 0.6 is 12.2 Å². The van der Waals surface area contributed by atoms with Gasteiger partial charge in [0.2, 0.25) is 5.91 Å². The molecule has 0 bridgehead atoms. The van der Waals surface area contributed by atoms with Gasteiger partial charge in [0.1, 0.15) is 11.9 Å². The fourth-order valence-corrected chi connectivity index (χ4v) is 4.95. The van der Waals surface area contributed by atoms with Crippen molar-refractivity contribution in [3.05, 3.63) is 108 Å². The number of aromatic nitrogens is 2. The molecule has 0 unspecified atom stereocenters. The minimum absolute atomic E-state index is 0.0368. The zero-order valence-corrected chi connectivity index (χ0v) is 20.8. The van der Waals surface area contributed by atoms with Crippen LogP contribution in [0.5, 0.6) is 0 Å². The molecule has 2 aromatic carbocycles. The van der Waals surface area contributed by atoms with E-state index in [0.717, 1.165) is 34.0 Å².